The molecular formula is C10H25N3O. The van der Waals surface area contributed by atoms with Gasteiger partial charge < -0.3 is 10.8 Å². The van der Waals surface area contributed by atoms with Crippen LogP contribution in [-0.2, 0) is 0 Å². The quantitative estimate of drug-likeness (QED) is 0.614. The van der Waals surface area contributed by atoms with Gasteiger partial charge in [-0.15, -0.1) is 0 Å². The third-order valence-electron chi connectivity index (χ3n) is 3.12. The van der Waals surface area contributed by atoms with Crippen LogP contribution in [0.1, 0.15) is 20.3 Å². The molecule has 2 atom stereocenters. The number of nitrogens with zero attached hydrogens (tertiary/aromatic N) is 2. The monoisotopic (exact) mass is 203 g/mol. The number of likely N-dealkylation sites (N-methyl/N-ethyl adjacent to an activating group) is 2. The first-order valence-electron chi connectivity index (χ1n) is 5.09. The predicted octanol–water partition coefficient (Wildman–Crippen LogP) is -0.0760. The minimum absolute atomic E-state index is 0.280. The molecule has 0 bridgehead atoms. The van der Waals surface area contributed by atoms with Gasteiger partial charge in [0.25, 0.3) is 0 Å². The first-order valence-corrected chi connectivity index (χ1v) is 5.09. The molecule has 0 aromatic heterocycles. The van der Waals surface area contributed by atoms with Crippen LogP contribution in [-0.4, -0.2) is 60.9 Å². The fourth-order valence-electron chi connectivity index (χ4n) is 2.25. The van der Waals surface area contributed by atoms with E-state index in [1.165, 1.54) is 0 Å². The molecule has 0 saturated heterocycles. The molecule has 0 aromatic carbocycles. The van der Waals surface area contributed by atoms with Gasteiger partial charge in [0.15, 0.2) is 0 Å². The zero-order valence-corrected chi connectivity index (χ0v) is 10.3. The minimum Gasteiger partial charge on any atom is -0.392 e. The molecule has 14 heavy (non-hydrogen) atoms. The summed E-state index contributed by atoms with van der Waals surface area (Å²) in [6, 6.07) is -0.280. The van der Waals surface area contributed by atoms with Crippen molar-refractivity contribution in [2.75, 3.05) is 28.2 Å². The third-order valence-corrected chi connectivity index (χ3v) is 3.12. The normalized spacial score (nSPS) is 17.6. The highest BCUT2D eigenvalue weighted by atomic mass is 16.3. The largest absolute Gasteiger partial charge is 0.392 e. The molecule has 86 valence electrons. The van der Waals surface area contributed by atoms with E-state index in [1.807, 2.05) is 28.2 Å². The highest BCUT2D eigenvalue weighted by molar-refractivity contribution is 4.96. The summed E-state index contributed by atoms with van der Waals surface area (Å²) in [6.45, 7) is 3.82. The van der Waals surface area contributed by atoms with Crippen LogP contribution in [0, 0.1) is 0 Å². The Morgan fingerprint density at radius 1 is 1.21 bits per heavy atom. The highest BCUT2D eigenvalue weighted by Crippen LogP contribution is 2.24. The van der Waals surface area contributed by atoms with Gasteiger partial charge >= 0.3 is 0 Å². The molecule has 0 radical (unpaired) electrons. The molecule has 3 N–H and O–H groups in total. The molecule has 0 heterocycles. The molecule has 0 rings (SSSR count). The highest BCUT2D eigenvalue weighted by Gasteiger charge is 2.41. The van der Waals surface area contributed by atoms with Crippen molar-refractivity contribution in [1.82, 2.24) is 9.80 Å². The van der Waals surface area contributed by atoms with Gasteiger partial charge in [-0.3, -0.25) is 9.80 Å². The van der Waals surface area contributed by atoms with Crippen LogP contribution in [0.3, 0.4) is 0 Å². The van der Waals surface area contributed by atoms with Crippen molar-refractivity contribution in [3.05, 3.63) is 0 Å². The molecule has 0 aliphatic rings. The molecule has 2 unspecified atom stereocenters. The lowest BCUT2D eigenvalue weighted by molar-refractivity contribution is -0.0559. The number of aliphatic hydroxyl groups is 1. The summed E-state index contributed by atoms with van der Waals surface area (Å²) >= 11 is 0. The van der Waals surface area contributed by atoms with Gasteiger partial charge in [-0.1, -0.05) is 6.92 Å². The SMILES string of the molecule is CCC(C(N)C(C)O)(N(C)C)N(C)C. The predicted molar refractivity (Wildman–Crippen MR) is 60.1 cm³/mol. The fraction of sp³-hybridized carbons (Fsp3) is 1.00. The average Bonchev–Trinajstić information content (AvgIpc) is 2.04. The van der Waals surface area contributed by atoms with Crippen molar-refractivity contribution in [3.63, 3.8) is 0 Å². The first-order chi connectivity index (χ1) is 6.30. The molecule has 0 aliphatic heterocycles. The summed E-state index contributed by atoms with van der Waals surface area (Å²) in [4.78, 5) is 4.15. The molecular weight excluding hydrogens is 178 g/mol. The van der Waals surface area contributed by atoms with Gasteiger partial charge in [-0.05, 0) is 41.5 Å². The molecule has 0 amide bonds. The molecule has 0 fully saturated rings. The van der Waals surface area contributed by atoms with Gasteiger partial charge in [-0.25, -0.2) is 0 Å². The topological polar surface area (TPSA) is 52.7 Å². The molecule has 4 heteroatoms. The van der Waals surface area contributed by atoms with Crippen LogP contribution in [0.25, 0.3) is 0 Å². The van der Waals surface area contributed by atoms with Crippen LogP contribution >= 0.6 is 0 Å². The zero-order valence-electron chi connectivity index (χ0n) is 10.3. The van der Waals surface area contributed by atoms with E-state index in [9.17, 15) is 5.11 Å². The van der Waals surface area contributed by atoms with E-state index in [0.717, 1.165) is 6.42 Å². The molecule has 4 nitrogen and oxygen atoms in total. The molecule has 0 spiro atoms. The Kier molecular flexibility index (Phi) is 5.01. The summed E-state index contributed by atoms with van der Waals surface area (Å²) < 4.78 is 0. The van der Waals surface area contributed by atoms with Crippen LogP contribution < -0.4 is 5.73 Å². The number of nitrogens with two attached hydrogens (primary N) is 1. The van der Waals surface area contributed by atoms with Crippen molar-refractivity contribution < 1.29 is 5.11 Å². The van der Waals surface area contributed by atoms with Crippen molar-refractivity contribution >= 4 is 0 Å². The second-order valence-corrected chi connectivity index (χ2v) is 4.29. The summed E-state index contributed by atoms with van der Waals surface area (Å²) in [7, 11) is 7.97. The Hall–Kier alpha value is -0.160. The summed E-state index contributed by atoms with van der Waals surface area (Å²) in [5.41, 5.74) is 5.79. The molecule has 0 saturated carbocycles. The van der Waals surface area contributed by atoms with Crippen molar-refractivity contribution in [3.8, 4) is 0 Å². The van der Waals surface area contributed by atoms with E-state index in [0.29, 0.717) is 0 Å². The van der Waals surface area contributed by atoms with E-state index < -0.39 is 6.10 Å². The van der Waals surface area contributed by atoms with Gasteiger partial charge in [-0.2, -0.15) is 0 Å². The van der Waals surface area contributed by atoms with Crippen molar-refractivity contribution in [2.24, 2.45) is 5.73 Å². The summed E-state index contributed by atoms with van der Waals surface area (Å²) in [6.07, 6.45) is 0.360. The van der Waals surface area contributed by atoms with Gasteiger partial charge in [0.1, 0.15) is 0 Å². The number of hydrogen-bond donors (Lipinski definition) is 2. The Labute approximate surface area is 87.7 Å². The van der Waals surface area contributed by atoms with Crippen molar-refractivity contribution in [2.45, 2.75) is 38.1 Å². The summed E-state index contributed by atoms with van der Waals surface area (Å²) in [5, 5.41) is 9.61. The smallest absolute Gasteiger partial charge is 0.0906 e. The van der Waals surface area contributed by atoms with Gasteiger partial charge in [0.05, 0.1) is 17.8 Å². The zero-order chi connectivity index (χ0) is 11.5. The maximum absolute atomic E-state index is 9.61. The lowest BCUT2D eigenvalue weighted by Crippen LogP contribution is -2.68. The lowest BCUT2D eigenvalue weighted by atomic mass is 9.91. The Bertz CT molecular complexity index is 161. The van der Waals surface area contributed by atoms with Crippen LogP contribution in [0.4, 0.5) is 0 Å². The lowest BCUT2D eigenvalue weighted by Gasteiger charge is -2.49. The summed E-state index contributed by atoms with van der Waals surface area (Å²) in [5.74, 6) is 0. The van der Waals surface area contributed by atoms with E-state index in [2.05, 4.69) is 16.7 Å². The maximum atomic E-state index is 9.61. The van der Waals surface area contributed by atoms with Crippen LogP contribution in [0.15, 0.2) is 0 Å². The maximum Gasteiger partial charge on any atom is 0.0906 e. The minimum atomic E-state index is -0.514. The second-order valence-electron chi connectivity index (χ2n) is 4.29. The Morgan fingerprint density at radius 2 is 1.57 bits per heavy atom. The van der Waals surface area contributed by atoms with E-state index in [1.54, 1.807) is 6.92 Å². The first kappa shape index (κ1) is 13.8. The fourth-order valence-corrected chi connectivity index (χ4v) is 2.25. The second kappa shape index (κ2) is 5.07. The van der Waals surface area contributed by atoms with Gasteiger partial charge in [0, 0.05) is 0 Å². The van der Waals surface area contributed by atoms with Crippen LogP contribution in [0.2, 0.25) is 0 Å². The number of rotatable bonds is 5. The Morgan fingerprint density at radius 3 is 1.64 bits per heavy atom. The van der Waals surface area contributed by atoms with E-state index >= 15 is 0 Å². The molecule has 0 aliphatic carbocycles. The standard InChI is InChI=1S/C10H25N3O/c1-7-10(12(3)4,13(5)6)9(11)8(2)14/h8-9,14H,7,11H2,1-6H3. The number of hydrogen-bond acceptors (Lipinski definition) is 4. The Balaban J connectivity index is 5.03. The number of aliphatic hydroxyl groups excluding tert-OH is 1. The van der Waals surface area contributed by atoms with E-state index in [-0.39, 0.29) is 11.7 Å². The van der Waals surface area contributed by atoms with Crippen LogP contribution in [0.5, 0.6) is 0 Å². The van der Waals surface area contributed by atoms with E-state index in [4.69, 9.17) is 5.73 Å². The third kappa shape index (κ3) is 2.25. The molecule has 0 aromatic rings. The average molecular weight is 203 g/mol. The van der Waals surface area contributed by atoms with Crippen molar-refractivity contribution in [1.29, 1.82) is 0 Å². The van der Waals surface area contributed by atoms with Gasteiger partial charge in [0.2, 0.25) is 0 Å².